The molecule has 1 amide bonds. The summed E-state index contributed by atoms with van der Waals surface area (Å²) in [6, 6.07) is 13.0. The lowest BCUT2D eigenvalue weighted by Crippen LogP contribution is -2.30. The monoisotopic (exact) mass is 386 g/mol. The van der Waals surface area contributed by atoms with Gasteiger partial charge in [0.1, 0.15) is 5.75 Å². The smallest absolute Gasteiger partial charge is 0.310 e. The van der Waals surface area contributed by atoms with Crippen LogP contribution in [0.4, 0.5) is 11.4 Å². The molecule has 0 saturated heterocycles. The molecule has 0 aromatic heterocycles. The number of nitro groups is 1. The Balaban J connectivity index is 1.86. The molecule has 0 fully saturated rings. The first-order valence-electron chi connectivity index (χ1n) is 9.45. The van der Waals surface area contributed by atoms with E-state index in [1.165, 1.54) is 25.0 Å². The molecule has 0 bridgehead atoms. The van der Waals surface area contributed by atoms with E-state index >= 15 is 0 Å². The zero-order chi connectivity index (χ0) is 20.4. The van der Waals surface area contributed by atoms with Crippen LogP contribution >= 0.6 is 0 Å². The first kappa shape index (κ1) is 21.2. The van der Waals surface area contributed by atoms with Gasteiger partial charge in [-0.05, 0) is 43.7 Å². The van der Waals surface area contributed by atoms with Crippen molar-refractivity contribution >= 4 is 17.3 Å². The van der Waals surface area contributed by atoms with Gasteiger partial charge in [-0.25, -0.2) is 0 Å². The predicted molar refractivity (Wildman–Crippen MR) is 108 cm³/mol. The molecule has 0 radical (unpaired) electrons. The maximum atomic E-state index is 12.3. The third kappa shape index (κ3) is 6.57. The van der Waals surface area contributed by atoms with Crippen LogP contribution in [0.5, 0.6) is 11.5 Å². The molecule has 2 aromatic carbocycles. The third-order valence-electron chi connectivity index (χ3n) is 4.12. The fraction of sp³-hybridized carbons (Fsp3) is 0.381. The number of hydrogen-bond donors (Lipinski definition) is 1. The van der Waals surface area contributed by atoms with E-state index < -0.39 is 16.9 Å². The molecule has 150 valence electrons. The second kappa shape index (κ2) is 10.9. The minimum atomic E-state index is -0.893. The molecule has 7 heteroatoms. The third-order valence-corrected chi connectivity index (χ3v) is 4.12. The quantitative estimate of drug-likeness (QED) is 0.335. The number of anilines is 1. The zero-order valence-electron chi connectivity index (χ0n) is 16.2. The number of nitrogens with one attached hydrogen (secondary N) is 1. The summed E-state index contributed by atoms with van der Waals surface area (Å²) in [5.74, 6) is 0.409. The van der Waals surface area contributed by atoms with Crippen LogP contribution in [0, 0.1) is 10.1 Å². The lowest BCUT2D eigenvalue weighted by molar-refractivity contribution is -0.386. The Morgan fingerprint density at radius 2 is 1.82 bits per heavy atom. The van der Waals surface area contributed by atoms with Crippen molar-refractivity contribution in [1.29, 1.82) is 0 Å². The molecule has 0 spiro atoms. The van der Waals surface area contributed by atoms with E-state index in [4.69, 9.17) is 9.47 Å². The van der Waals surface area contributed by atoms with Crippen molar-refractivity contribution in [2.75, 3.05) is 11.9 Å². The van der Waals surface area contributed by atoms with Gasteiger partial charge in [0.25, 0.3) is 5.91 Å². The van der Waals surface area contributed by atoms with Crippen molar-refractivity contribution < 1.29 is 19.2 Å². The number of ether oxygens (including phenoxy) is 2. The molecule has 0 aliphatic heterocycles. The maximum Gasteiger partial charge on any atom is 0.310 e. The lowest BCUT2D eigenvalue weighted by Gasteiger charge is -2.15. The first-order valence-corrected chi connectivity index (χ1v) is 9.45. The number of nitrogens with zero attached hydrogens (tertiary/aromatic N) is 1. The van der Waals surface area contributed by atoms with E-state index in [1.54, 1.807) is 43.3 Å². The van der Waals surface area contributed by atoms with Crippen LogP contribution in [0.15, 0.2) is 48.5 Å². The van der Waals surface area contributed by atoms with Crippen molar-refractivity contribution in [3.8, 4) is 11.5 Å². The second-order valence-corrected chi connectivity index (χ2v) is 6.41. The van der Waals surface area contributed by atoms with Gasteiger partial charge in [0, 0.05) is 11.8 Å². The summed E-state index contributed by atoms with van der Waals surface area (Å²) in [6.07, 6.45) is 3.68. The predicted octanol–water partition coefficient (Wildman–Crippen LogP) is 4.96. The van der Waals surface area contributed by atoms with E-state index in [0.29, 0.717) is 12.3 Å². The SMILES string of the molecule is CCCCCCOc1ccc(NC(=O)[C@H](C)Oc2ccccc2[N+](=O)[O-])cc1. The number of carbonyl (C=O) groups is 1. The number of nitro benzene ring substituents is 1. The lowest BCUT2D eigenvalue weighted by atomic mass is 10.2. The number of benzene rings is 2. The standard InChI is InChI=1S/C21H26N2O5/c1-3-4-5-8-15-27-18-13-11-17(12-14-18)22-21(24)16(2)28-20-10-7-6-9-19(20)23(25)26/h6-7,9-14,16H,3-5,8,15H2,1-2H3,(H,22,24)/t16-/m0/s1. The molecule has 0 aliphatic carbocycles. The van der Waals surface area contributed by atoms with Gasteiger partial charge in [-0.2, -0.15) is 0 Å². The summed E-state index contributed by atoms with van der Waals surface area (Å²) in [6.45, 7) is 4.38. The molecule has 1 atom stereocenters. The van der Waals surface area contributed by atoms with Gasteiger partial charge in [-0.3, -0.25) is 14.9 Å². The molecule has 2 rings (SSSR count). The number of carbonyl (C=O) groups excluding carboxylic acids is 1. The highest BCUT2D eigenvalue weighted by Crippen LogP contribution is 2.27. The first-order chi connectivity index (χ1) is 13.5. The van der Waals surface area contributed by atoms with Gasteiger partial charge in [-0.1, -0.05) is 38.3 Å². The Hall–Kier alpha value is -3.09. The average Bonchev–Trinajstić information content (AvgIpc) is 2.69. The number of hydrogen-bond acceptors (Lipinski definition) is 5. The van der Waals surface area contributed by atoms with Crippen molar-refractivity contribution in [3.05, 3.63) is 58.6 Å². The van der Waals surface area contributed by atoms with Crippen LogP contribution in [-0.4, -0.2) is 23.5 Å². The normalized spacial score (nSPS) is 11.5. The van der Waals surface area contributed by atoms with E-state index in [9.17, 15) is 14.9 Å². The van der Waals surface area contributed by atoms with Crippen LogP contribution in [0.1, 0.15) is 39.5 Å². The van der Waals surface area contributed by atoms with Gasteiger partial charge >= 0.3 is 5.69 Å². The summed E-state index contributed by atoms with van der Waals surface area (Å²) in [4.78, 5) is 22.8. The topological polar surface area (TPSA) is 90.7 Å². The molecular weight excluding hydrogens is 360 g/mol. The van der Waals surface area contributed by atoms with E-state index in [0.717, 1.165) is 18.6 Å². The van der Waals surface area contributed by atoms with Gasteiger partial charge in [0.05, 0.1) is 11.5 Å². The number of amides is 1. The van der Waals surface area contributed by atoms with Crippen LogP contribution in [0.2, 0.25) is 0 Å². The molecule has 0 heterocycles. The van der Waals surface area contributed by atoms with Crippen LogP contribution in [0.3, 0.4) is 0 Å². The molecule has 2 aromatic rings. The number of unbranched alkanes of at least 4 members (excludes halogenated alkanes) is 3. The van der Waals surface area contributed by atoms with Crippen LogP contribution < -0.4 is 14.8 Å². The van der Waals surface area contributed by atoms with E-state index in [2.05, 4.69) is 12.2 Å². The van der Waals surface area contributed by atoms with E-state index in [-0.39, 0.29) is 11.4 Å². The summed E-state index contributed by atoms with van der Waals surface area (Å²) in [5.41, 5.74) is 0.420. The fourth-order valence-electron chi connectivity index (χ4n) is 2.55. The minimum absolute atomic E-state index is 0.0574. The summed E-state index contributed by atoms with van der Waals surface area (Å²) in [7, 11) is 0. The molecule has 1 N–H and O–H groups in total. The zero-order valence-corrected chi connectivity index (χ0v) is 16.2. The van der Waals surface area contributed by atoms with Crippen molar-refractivity contribution in [1.82, 2.24) is 0 Å². The highest BCUT2D eigenvalue weighted by molar-refractivity contribution is 5.94. The summed E-state index contributed by atoms with van der Waals surface area (Å²) < 4.78 is 11.1. The van der Waals surface area contributed by atoms with Gasteiger partial charge in [0.2, 0.25) is 0 Å². The largest absolute Gasteiger partial charge is 0.494 e. The summed E-state index contributed by atoms with van der Waals surface area (Å²) in [5, 5.41) is 13.8. The fourth-order valence-corrected chi connectivity index (χ4v) is 2.55. The maximum absolute atomic E-state index is 12.3. The number of rotatable bonds is 11. The highest BCUT2D eigenvalue weighted by atomic mass is 16.6. The van der Waals surface area contributed by atoms with Gasteiger partial charge < -0.3 is 14.8 Å². The van der Waals surface area contributed by atoms with Gasteiger partial charge in [-0.15, -0.1) is 0 Å². The van der Waals surface area contributed by atoms with Crippen molar-refractivity contribution in [3.63, 3.8) is 0 Å². The molecule has 28 heavy (non-hydrogen) atoms. The van der Waals surface area contributed by atoms with E-state index in [1.807, 2.05) is 0 Å². The summed E-state index contributed by atoms with van der Waals surface area (Å²) >= 11 is 0. The molecule has 0 unspecified atom stereocenters. The Morgan fingerprint density at radius 3 is 2.50 bits per heavy atom. The molecule has 7 nitrogen and oxygen atoms in total. The Labute approximate surface area is 164 Å². The molecule has 0 saturated carbocycles. The Bertz CT molecular complexity index is 777. The second-order valence-electron chi connectivity index (χ2n) is 6.41. The average molecular weight is 386 g/mol. The number of para-hydroxylation sites is 2. The van der Waals surface area contributed by atoms with Gasteiger partial charge in [0.15, 0.2) is 11.9 Å². The minimum Gasteiger partial charge on any atom is -0.494 e. The highest BCUT2D eigenvalue weighted by Gasteiger charge is 2.20. The Kier molecular flexibility index (Phi) is 8.27. The molecular formula is C21H26N2O5. The van der Waals surface area contributed by atoms with Crippen molar-refractivity contribution in [2.24, 2.45) is 0 Å². The Morgan fingerprint density at radius 1 is 1.11 bits per heavy atom. The van der Waals surface area contributed by atoms with Crippen molar-refractivity contribution in [2.45, 2.75) is 45.6 Å². The molecule has 0 aliphatic rings. The van der Waals surface area contributed by atoms with Crippen LogP contribution in [0.25, 0.3) is 0 Å². The van der Waals surface area contributed by atoms with Crippen LogP contribution in [-0.2, 0) is 4.79 Å².